The monoisotopic (exact) mass is 260 g/mol. The Bertz CT molecular complexity index is 558. The second-order valence-electron chi connectivity index (χ2n) is 4.62. The molecule has 1 aromatic heterocycles. The Morgan fingerprint density at radius 2 is 1.89 bits per heavy atom. The van der Waals surface area contributed by atoms with Crippen LogP contribution in [0.4, 0.5) is 0 Å². The lowest BCUT2D eigenvalue weighted by Gasteiger charge is -2.25. The van der Waals surface area contributed by atoms with E-state index in [0.717, 1.165) is 35.8 Å². The average Bonchev–Trinajstić information content (AvgIpc) is 2.78. The maximum atomic E-state index is 11.1. The normalized spacial score (nSPS) is 17.1. The van der Waals surface area contributed by atoms with E-state index in [1.165, 1.54) is 19.3 Å². The van der Waals surface area contributed by atoms with Gasteiger partial charge >= 0.3 is 0 Å². The fourth-order valence-electron chi connectivity index (χ4n) is 2.41. The molecule has 0 radical (unpaired) electrons. The quantitative estimate of drug-likeness (QED) is 0.625. The van der Waals surface area contributed by atoms with Crippen molar-refractivity contribution in [1.29, 1.82) is 0 Å². The maximum Gasteiger partial charge on any atom is 0.152 e. The van der Waals surface area contributed by atoms with E-state index in [4.69, 9.17) is 0 Å². The van der Waals surface area contributed by atoms with E-state index in [9.17, 15) is 4.79 Å². The molecule has 0 aliphatic carbocycles. The van der Waals surface area contributed by atoms with Crippen LogP contribution in [0.3, 0.4) is 0 Å². The molecule has 18 heavy (non-hydrogen) atoms. The van der Waals surface area contributed by atoms with E-state index in [0.29, 0.717) is 0 Å². The molecule has 3 rings (SSSR count). The number of para-hydroxylation sites is 1. The number of benzene rings is 1. The summed E-state index contributed by atoms with van der Waals surface area (Å²) in [5, 5.41) is 1.04. The van der Waals surface area contributed by atoms with E-state index in [2.05, 4.69) is 14.3 Å². The van der Waals surface area contributed by atoms with Gasteiger partial charge in [0, 0.05) is 42.4 Å². The second-order valence-corrected chi connectivity index (χ2v) is 5.69. The van der Waals surface area contributed by atoms with Gasteiger partial charge in [0.15, 0.2) is 6.29 Å². The minimum absolute atomic E-state index is 0.773. The Kier molecular flexibility index (Phi) is 3.39. The number of piperidine rings is 1. The van der Waals surface area contributed by atoms with Crippen LogP contribution in [0.15, 0.2) is 30.5 Å². The molecule has 1 aliphatic heterocycles. The Morgan fingerprint density at radius 3 is 2.67 bits per heavy atom. The van der Waals surface area contributed by atoms with Crippen LogP contribution < -0.4 is 0 Å². The number of aromatic nitrogens is 1. The van der Waals surface area contributed by atoms with Gasteiger partial charge in [0.2, 0.25) is 0 Å². The summed E-state index contributed by atoms with van der Waals surface area (Å²) in [6.07, 6.45) is 6.76. The zero-order chi connectivity index (χ0) is 12.4. The third-order valence-corrected chi connectivity index (χ3v) is 4.43. The highest BCUT2D eigenvalue weighted by Gasteiger charge is 2.14. The van der Waals surface area contributed by atoms with E-state index in [1.54, 1.807) is 12.1 Å². The first kappa shape index (κ1) is 11.8. The van der Waals surface area contributed by atoms with Crippen molar-refractivity contribution in [3.63, 3.8) is 0 Å². The molecular weight excluding hydrogens is 244 g/mol. The number of nitrogens with zero attached hydrogens (tertiary/aromatic N) is 2. The van der Waals surface area contributed by atoms with Gasteiger partial charge in [-0.25, -0.2) is 4.31 Å². The number of carbonyl (C=O) groups excluding carboxylic acids is 1. The van der Waals surface area contributed by atoms with Gasteiger partial charge in [0.05, 0.1) is 5.52 Å². The summed E-state index contributed by atoms with van der Waals surface area (Å²) in [4.78, 5) is 11.1. The van der Waals surface area contributed by atoms with Crippen LogP contribution in [-0.4, -0.2) is 27.7 Å². The molecule has 0 bridgehead atoms. The van der Waals surface area contributed by atoms with Crippen LogP contribution in [-0.2, 0) is 0 Å². The lowest BCUT2D eigenvalue weighted by molar-refractivity contribution is 0.112. The standard InChI is InChI=1S/C14H16N2OS/c17-11-12-10-16(14-7-3-2-6-13(12)14)18-15-8-4-1-5-9-15/h2-3,6-7,10-11H,1,4-5,8-9H2. The van der Waals surface area contributed by atoms with Crippen LogP contribution in [0, 0.1) is 0 Å². The van der Waals surface area contributed by atoms with Gasteiger partial charge in [0.25, 0.3) is 0 Å². The van der Waals surface area contributed by atoms with Gasteiger partial charge in [-0.05, 0) is 18.9 Å². The second kappa shape index (κ2) is 5.16. The summed E-state index contributed by atoms with van der Waals surface area (Å²) in [6, 6.07) is 8.07. The van der Waals surface area contributed by atoms with Crippen LogP contribution in [0.5, 0.6) is 0 Å². The lowest BCUT2D eigenvalue weighted by Crippen LogP contribution is -2.24. The highest BCUT2D eigenvalue weighted by atomic mass is 32.2. The molecular formula is C14H16N2OS. The van der Waals surface area contributed by atoms with Crippen LogP contribution in [0.2, 0.25) is 0 Å². The van der Waals surface area contributed by atoms with E-state index in [-0.39, 0.29) is 0 Å². The summed E-state index contributed by atoms with van der Waals surface area (Å²) < 4.78 is 4.49. The van der Waals surface area contributed by atoms with Crippen molar-refractivity contribution in [2.45, 2.75) is 19.3 Å². The van der Waals surface area contributed by atoms with Crippen molar-refractivity contribution in [2.24, 2.45) is 0 Å². The number of fused-ring (bicyclic) bond motifs is 1. The molecule has 0 N–H and O–H groups in total. The summed E-state index contributed by atoms with van der Waals surface area (Å²) in [6.45, 7) is 2.27. The largest absolute Gasteiger partial charge is 0.298 e. The first-order valence-electron chi connectivity index (χ1n) is 6.37. The van der Waals surface area contributed by atoms with Crippen LogP contribution in [0.25, 0.3) is 10.9 Å². The van der Waals surface area contributed by atoms with Crippen molar-refractivity contribution in [2.75, 3.05) is 13.1 Å². The molecule has 0 unspecified atom stereocenters. The molecule has 0 spiro atoms. The average molecular weight is 260 g/mol. The molecule has 1 fully saturated rings. The molecule has 1 aliphatic rings. The molecule has 2 aromatic rings. The Balaban J connectivity index is 1.93. The highest BCUT2D eigenvalue weighted by Crippen LogP contribution is 2.27. The smallest absolute Gasteiger partial charge is 0.152 e. The number of rotatable bonds is 3. The van der Waals surface area contributed by atoms with Crippen LogP contribution >= 0.6 is 12.1 Å². The molecule has 2 heterocycles. The summed E-state index contributed by atoms with van der Waals surface area (Å²) in [5.41, 5.74) is 1.89. The number of aldehydes is 1. The minimum Gasteiger partial charge on any atom is -0.298 e. The predicted molar refractivity (Wildman–Crippen MR) is 75.7 cm³/mol. The summed E-state index contributed by atoms with van der Waals surface area (Å²) in [5.74, 6) is 0. The third kappa shape index (κ3) is 2.18. The molecule has 3 nitrogen and oxygen atoms in total. The Labute approximate surface area is 111 Å². The van der Waals surface area contributed by atoms with Crippen LogP contribution in [0.1, 0.15) is 29.6 Å². The predicted octanol–water partition coefficient (Wildman–Crippen LogP) is 3.35. The molecule has 0 atom stereocenters. The lowest BCUT2D eigenvalue weighted by atomic mass is 10.2. The Hall–Kier alpha value is -1.26. The number of hydrogen-bond acceptors (Lipinski definition) is 3. The van der Waals surface area contributed by atoms with Crippen molar-refractivity contribution >= 4 is 29.3 Å². The zero-order valence-corrected chi connectivity index (χ0v) is 11.0. The molecule has 94 valence electrons. The van der Waals surface area contributed by atoms with Crippen molar-refractivity contribution in [3.8, 4) is 0 Å². The van der Waals surface area contributed by atoms with Gasteiger partial charge in [-0.3, -0.25) is 8.77 Å². The minimum atomic E-state index is 0.773. The first-order chi connectivity index (χ1) is 8.88. The maximum absolute atomic E-state index is 11.1. The number of hydrogen-bond donors (Lipinski definition) is 0. The van der Waals surface area contributed by atoms with Crippen molar-refractivity contribution < 1.29 is 4.79 Å². The fourth-order valence-corrected chi connectivity index (χ4v) is 3.49. The van der Waals surface area contributed by atoms with Gasteiger partial charge in [-0.2, -0.15) is 0 Å². The number of carbonyl (C=O) groups is 1. The van der Waals surface area contributed by atoms with Crippen molar-refractivity contribution in [1.82, 2.24) is 8.28 Å². The third-order valence-electron chi connectivity index (χ3n) is 3.35. The first-order valence-corrected chi connectivity index (χ1v) is 7.10. The molecule has 1 aromatic carbocycles. The van der Waals surface area contributed by atoms with Gasteiger partial charge in [0.1, 0.15) is 0 Å². The highest BCUT2D eigenvalue weighted by molar-refractivity contribution is 7.95. The molecule has 0 saturated carbocycles. The van der Waals surface area contributed by atoms with E-state index >= 15 is 0 Å². The summed E-state index contributed by atoms with van der Waals surface area (Å²) in [7, 11) is 0. The van der Waals surface area contributed by atoms with Gasteiger partial charge in [-0.1, -0.05) is 24.6 Å². The molecule has 4 heteroatoms. The Morgan fingerprint density at radius 1 is 1.11 bits per heavy atom. The molecule has 1 saturated heterocycles. The molecule has 0 amide bonds. The van der Waals surface area contributed by atoms with E-state index in [1.807, 2.05) is 24.4 Å². The zero-order valence-electron chi connectivity index (χ0n) is 10.2. The SMILES string of the molecule is O=Cc1cn(SN2CCCCC2)c2ccccc12. The summed E-state index contributed by atoms with van der Waals surface area (Å²) >= 11 is 1.72. The van der Waals surface area contributed by atoms with Gasteiger partial charge in [-0.15, -0.1) is 0 Å². The van der Waals surface area contributed by atoms with E-state index < -0.39 is 0 Å². The van der Waals surface area contributed by atoms with Crippen molar-refractivity contribution in [3.05, 3.63) is 36.0 Å². The van der Waals surface area contributed by atoms with Gasteiger partial charge < -0.3 is 0 Å². The topological polar surface area (TPSA) is 25.2 Å². The fraction of sp³-hybridized carbons (Fsp3) is 0.357.